The lowest BCUT2D eigenvalue weighted by Gasteiger charge is -2.12. The number of benzene rings is 2. The Bertz CT molecular complexity index is 805. The van der Waals surface area contributed by atoms with Crippen LogP contribution in [0, 0.1) is 0 Å². The van der Waals surface area contributed by atoms with Gasteiger partial charge in [-0.3, -0.25) is 0 Å². The maximum Gasteiger partial charge on any atom is 0.338 e. The molecule has 3 heteroatoms. The Kier molecular flexibility index (Phi) is 3.25. The number of anilines is 2. The molecule has 1 N–H and O–H groups in total. The molecule has 0 saturated carbocycles. The first-order valence-corrected chi connectivity index (χ1v) is 6.66. The van der Waals surface area contributed by atoms with Crippen molar-refractivity contribution in [1.82, 2.24) is 0 Å². The lowest BCUT2D eigenvalue weighted by molar-refractivity contribution is 0.561. The van der Waals surface area contributed by atoms with E-state index in [-0.39, 0.29) is 5.63 Å². The van der Waals surface area contributed by atoms with E-state index in [0.717, 1.165) is 23.2 Å². The number of para-hydroxylation sites is 2. The fourth-order valence-corrected chi connectivity index (χ4v) is 2.31. The van der Waals surface area contributed by atoms with Crippen LogP contribution in [0.1, 0.15) is 12.5 Å². The number of rotatable bonds is 3. The lowest BCUT2D eigenvalue weighted by Crippen LogP contribution is -2.02. The summed E-state index contributed by atoms with van der Waals surface area (Å²) in [6.45, 7) is 2.11. The van der Waals surface area contributed by atoms with Crippen LogP contribution in [-0.2, 0) is 6.42 Å². The fourth-order valence-electron chi connectivity index (χ4n) is 2.31. The Balaban J connectivity index is 2.13. The number of aryl methyl sites for hydroxylation is 1. The highest BCUT2D eigenvalue weighted by atomic mass is 16.4. The van der Waals surface area contributed by atoms with Gasteiger partial charge in [-0.05, 0) is 30.2 Å². The number of nitrogens with one attached hydrogen (secondary N) is 1. The summed E-state index contributed by atoms with van der Waals surface area (Å²) >= 11 is 0. The summed E-state index contributed by atoms with van der Waals surface area (Å²) in [6.07, 6.45) is 0.933. The Morgan fingerprint density at radius 2 is 1.75 bits per heavy atom. The molecule has 0 bridgehead atoms. The third-order valence-electron chi connectivity index (χ3n) is 3.32. The minimum atomic E-state index is -0.347. The number of hydrogen-bond acceptors (Lipinski definition) is 3. The second-order valence-electron chi connectivity index (χ2n) is 4.61. The molecule has 3 aromatic rings. The van der Waals surface area contributed by atoms with Gasteiger partial charge in [0.25, 0.3) is 0 Å². The normalized spacial score (nSPS) is 10.7. The molecule has 0 saturated heterocycles. The summed E-state index contributed by atoms with van der Waals surface area (Å²) in [4.78, 5) is 11.6. The molecule has 0 aliphatic heterocycles. The summed E-state index contributed by atoms with van der Waals surface area (Å²) in [5, 5.41) is 4.25. The average molecular weight is 265 g/mol. The molecule has 3 nitrogen and oxygen atoms in total. The summed E-state index contributed by atoms with van der Waals surface area (Å²) in [5.74, 6) is 0. The van der Waals surface area contributed by atoms with Crippen molar-refractivity contribution in [3.05, 3.63) is 70.6 Å². The topological polar surface area (TPSA) is 42.2 Å². The van der Waals surface area contributed by atoms with E-state index in [9.17, 15) is 4.79 Å². The molecule has 0 aliphatic carbocycles. The van der Waals surface area contributed by atoms with Crippen molar-refractivity contribution >= 4 is 22.3 Å². The zero-order valence-corrected chi connectivity index (χ0v) is 11.2. The summed E-state index contributed by atoms with van der Waals surface area (Å²) in [5.41, 5.74) is 3.25. The SMILES string of the molecule is CCc1ccccc1Nc1cc(=O)oc2ccccc12. The van der Waals surface area contributed by atoms with Crippen LogP contribution in [0.5, 0.6) is 0 Å². The highest BCUT2D eigenvalue weighted by molar-refractivity contribution is 5.91. The van der Waals surface area contributed by atoms with Crippen molar-refractivity contribution in [1.29, 1.82) is 0 Å². The second kappa shape index (κ2) is 5.21. The third-order valence-corrected chi connectivity index (χ3v) is 3.32. The summed E-state index contributed by atoms with van der Waals surface area (Å²) in [7, 11) is 0. The van der Waals surface area contributed by atoms with Crippen molar-refractivity contribution in [2.45, 2.75) is 13.3 Å². The van der Waals surface area contributed by atoms with E-state index in [1.54, 1.807) is 6.07 Å². The smallest absolute Gasteiger partial charge is 0.338 e. The van der Waals surface area contributed by atoms with Gasteiger partial charge < -0.3 is 9.73 Å². The first-order valence-electron chi connectivity index (χ1n) is 6.66. The van der Waals surface area contributed by atoms with E-state index >= 15 is 0 Å². The molecular formula is C17H15NO2. The van der Waals surface area contributed by atoms with Gasteiger partial charge in [-0.25, -0.2) is 4.79 Å². The van der Waals surface area contributed by atoms with E-state index in [1.165, 1.54) is 11.6 Å². The van der Waals surface area contributed by atoms with Gasteiger partial charge in [0.15, 0.2) is 0 Å². The van der Waals surface area contributed by atoms with Gasteiger partial charge >= 0.3 is 5.63 Å². The van der Waals surface area contributed by atoms with Crippen LogP contribution in [0.15, 0.2) is 63.8 Å². The Hall–Kier alpha value is -2.55. The van der Waals surface area contributed by atoms with Crippen LogP contribution in [-0.4, -0.2) is 0 Å². The van der Waals surface area contributed by atoms with E-state index in [2.05, 4.69) is 18.3 Å². The monoisotopic (exact) mass is 265 g/mol. The van der Waals surface area contributed by atoms with Gasteiger partial charge in [0.1, 0.15) is 5.58 Å². The molecular weight excluding hydrogens is 250 g/mol. The molecule has 0 fully saturated rings. The van der Waals surface area contributed by atoms with Gasteiger partial charge in [0.05, 0.1) is 5.69 Å². The van der Waals surface area contributed by atoms with Crippen LogP contribution in [0.25, 0.3) is 11.0 Å². The Morgan fingerprint density at radius 3 is 2.60 bits per heavy atom. The third kappa shape index (κ3) is 2.30. The standard InChI is InChI=1S/C17H15NO2/c1-2-12-7-3-5-9-14(12)18-15-11-17(19)20-16-10-6-4-8-13(15)16/h3-11,18H,2H2,1H3. The molecule has 0 radical (unpaired) electrons. The predicted molar refractivity (Wildman–Crippen MR) is 81.6 cm³/mol. The van der Waals surface area contributed by atoms with E-state index in [4.69, 9.17) is 4.42 Å². The zero-order valence-electron chi connectivity index (χ0n) is 11.2. The molecule has 0 spiro atoms. The van der Waals surface area contributed by atoms with Gasteiger partial charge in [-0.2, -0.15) is 0 Å². The van der Waals surface area contributed by atoms with Crippen LogP contribution >= 0.6 is 0 Å². The van der Waals surface area contributed by atoms with Crippen molar-refractivity contribution in [3.63, 3.8) is 0 Å². The maximum absolute atomic E-state index is 11.6. The summed E-state index contributed by atoms with van der Waals surface area (Å²) < 4.78 is 5.20. The van der Waals surface area contributed by atoms with Crippen LogP contribution in [0.4, 0.5) is 11.4 Å². The average Bonchev–Trinajstić information content (AvgIpc) is 2.47. The van der Waals surface area contributed by atoms with Crippen LogP contribution in [0.2, 0.25) is 0 Å². The molecule has 2 aromatic carbocycles. The van der Waals surface area contributed by atoms with Crippen LogP contribution < -0.4 is 10.9 Å². The van der Waals surface area contributed by atoms with Gasteiger partial charge in [-0.15, -0.1) is 0 Å². The Morgan fingerprint density at radius 1 is 1.00 bits per heavy atom. The molecule has 3 rings (SSSR count). The van der Waals surface area contributed by atoms with E-state index in [0.29, 0.717) is 5.58 Å². The molecule has 0 atom stereocenters. The molecule has 0 aliphatic rings. The molecule has 0 unspecified atom stereocenters. The van der Waals surface area contributed by atoms with Crippen molar-refractivity contribution in [2.24, 2.45) is 0 Å². The molecule has 0 amide bonds. The number of hydrogen-bond donors (Lipinski definition) is 1. The highest BCUT2D eigenvalue weighted by Crippen LogP contribution is 2.26. The first kappa shape index (κ1) is 12.5. The number of fused-ring (bicyclic) bond motifs is 1. The largest absolute Gasteiger partial charge is 0.423 e. The van der Waals surface area contributed by atoms with Crippen molar-refractivity contribution in [2.75, 3.05) is 5.32 Å². The van der Waals surface area contributed by atoms with E-state index in [1.807, 2.05) is 36.4 Å². The Labute approximate surface area is 116 Å². The predicted octanol–water partition coefficient (Wildman–Crippen LogP) is 4.10. The van der Waals surface area contributed by atoms with Gasteiger partial charge in [0.2, 0.25) is 0 Å². The van der Waals surface area contributed by atoms with Crippen LogP contribution in [0.3, 0.4) is 0 Å². The quantitative estimate of drug-likeness (QED) is 0.725. The zero-order chi connectivity index (χ0) is 13.9. The minimum Gasteiger partial charge on any atom is -0.423 e. The molecule has 100 valence electrons. The van der Waals surface area contributed by atoms with Crippen molar-refractivity contribution < 1.29 is 4.42 Å². The first-order chi connectivity index (χ1) is 9.78. The van der Waals surface area contributed by atoms with E-state index < -0.39 is 0 Å². The highest BCUT2D eigenvalue weighted by Gasteiger charge is 2.06. The molecule has 1 aromatic heterocycles. The second-order valence-corrected chi connectivity index (χ2v) is 4.61. The van der Waals surface area contributed by atoms with Gasteiger partial charge in [-0.1, -0.05) is 37.3 Å². The summed E-state index contributed by atoms with van der Waals surface area (Å²) in [6, 6.07) is 17.1. The van der Waals surface area contributed by atoms with Gasteiger partial charge in [0, 0.05) is 17.1 Å². The minimum absolute atomic E-state index is 0.347. The maximum atomic E-state index is 11.6. The molecule has 20 heavy (non-hydrogen) atoms. The fraction of sp³-hybridized carbons (Fsp3) is 0.118. The van der Waals surface area contributed by atoms with Crippen molar-refractivity contribution in [3.8, 4) is 0 Å². The lowest BCUT2D eigenvalue weighted by atomic mass is 10.1. The molecule has 1 heterocycles.